The van der Waals surface area contributed by atoms with Crippen LogP contribution >= 0.6 is 0 Å². The molecule has 0 aliphatic carbocycles. The Morgan fingerprint density at radius 2 is 2.58 bits per heavy atom. The van der Waals surface area contributed by atoms with Crippen LogP contribution in [0.25, 0.3) is 0 Å². The summed E-state index contributed by atoms with van der Waals surface area (Å²) in [5, 5.41) is 12.8. The summed E-state index contributed by atoms with van der Waals surface area (Å²) in [5.41, 5.74) is -0.238. The number of fused-ring (bicyclic) bond motifs is 3. The van der Waals surface area contributed by atoms with E-state index in [0.717, 1.165) is 5.57 Å². The standard InChI is InChI=1S/C12H14N2O5/c1-12-5-18-7(8(12)15)10(19-12)14-4-6-2-3-17-9(6)13-11(14)16/h2-4,7-10,15H,5H2,1H3,(H,13,16)/i1D. The molecule has 0 aromatic rings. The molecular formula is C12H14N2O5. The van der Waals surface area contributed by atoms with Crippen LogP contribution in [0.1, 0.15) is 8.27 Å². The summed E-state index contributed by atoms with van der Waals surface area (Å²) in [5.74, 6) is 0. The molecule has 2 saturated heterocycles. The number of ether oxygens (including phenoxy) is 3. The maximum Gasteiger partial charge on any atom is 0.326 e. The Bertz CT molecular complexity index is 524. The van der Waals surface area contributed by atoms with Crippen molar-refractivity contribution in [3.63, 3.8) is 0 Å². The van der Waals surface area contributed by atoms with Gasteiger partial charge in [0.25, 0.3) is 0 Å². The summed E-state index contributed by atoms with van der Waals surface area (Å²) in [6.45, 7) is 0.0648. The predicted molar refractivity (Wildman–Crippen MR) is 61.5 cm³/mol. The van der Waals surface area contributed by atoms with E-state index in [-0.39, 0.29) is 19.5 Å². The Balaban J connectivity index is 1.64. The fraction of sp³-hybridized carbons (Fsp3) is 0.583. The van der Waals surface area contributed by atoms with Crippen LogP contribution in [0.15, 0.2) is 24.1 Å². The summed E-state index contributed by atoms with van der Waals surface area (Å²) < 4.78 is 24.0. The Hall–Kier alpha value is -1.57. The quantitative estimate of drug-likeness (QED) is 0.678. The molecule has 7 heteroatoms. The van der Waals surface area contributed by atoms with Crippen LogP contribution in [0.5, 0.6) is 0 Å². The number of hydrogen-bond donors (Lipinski definition) is 2. The molecule has 0 spiro atoms. The van der Waals surface area contributed by atoms with E-state index in [1.165, 1.54) is 11.2 Å². The number of urea groups is 1. The molecule has 0 radical (unpaired) electrons. The second-order valence-electron chi connectivity index (χ2n) is 5.10. The lowest BCUT2D eigenvalue weighted by molar-refractivity contribution is -0.171. The van der Waals surface area contributed by atoms with Crippen LogP contribution in [0, 0.1) is 0 Å². The normalized spacial score (nSPS) is 47.6. The first-order valence-electron chi connectivity index (χ1n) is 6.75. The van der Waals surface area contributed by atoms with Crippen molar-refractivity contribution in [2.75, 3.05) is 6.61 Å². The molecule has 0 aromatic carbocycles. The fourth-order valence-electron chi connectivity index (χ4n) is 2.76. The highest BCUT2D eigenvalue weighted by Crippen LogP contribution is 2.41. The van der Waals surface area contributed by atoms with Gasteiger partial charge in [-0.3, -0.25) is 10.2 Å². The third-order valence-electron chi connectivity index (χ3n) is 3.84. The third kappa shape index (κ3) is 1.40. The van der Waals surface area contributed by atoms with Crippen LogP contribution in [-0.2, 0) is 14.2 Å². The summed E-state index contributed by atoms with van der Waals surface area (Å²) in [4.78, 5) is 13.5. The average Bonchev–Trinajstić information content (AvgIpc) is 3.10. The van der Waals surface area contributed by atoms with Gasteiger partial charge >= 0.3 is 6.03 Å². The highest BCUT2D eigenvalue weighted by molar-refractivity contribution is 5.78. The van der Waals surface area contributed by atoms with Crippen LogP contribution in [0.4, 0.5) is 4.79 Å². The van der Waals surface area contributed by atoms with Crippen molar-refractivity contribution in [3.8, 4) is 0 Å². The number of amides is 2. The number of carbonyl (C=O) groups is 1. The van der Waals surface area contributed by atoms with Gasteiger partial charge in [-0.15, -0.1) is 0 Å². The topological polar surface area (TPSA) is 80.3 Å². The van der Waals surface area contributed by atoms with Crippen molar-refractivity contribution in [2.24, 2.45) is 0 Å². The van der Waals surface area contributed by atoms with Gasteiger partial charge in [-0.25, -0.2) is 4.79 Å². The van der Waals surface area contributed by atoms with E-state index in [1.54, 1.807) is 12.3 Å². The van der Waals surface area contributed by atoms with Crippen molar-refractivity contribution < 1.29 is 25.5 Å². The van der Waals surface area contributed by atoms with Crippen LogP contribution in [0.3, 0.4) is 0 Å². The molecule has 4 aliphatic rings. The van der Waals surface area contributed by atoms with Crippen LogP contribution in [-0.4, -0.2) is 52.9 Å². The molecule has 102 valence electrons. The summed E-state index contributed by atoms with van der Waals surface area (Å²) in [6, 6.07) is -0.379. The Morgan fingerprint density at radius 1 is 1.68 bits per heavy atom. The van der Waals surface area contributed by atoms with Gasteiger partial charge in [0.05, 0.1) is 12.9 Å². The number of hydrogen-bond acceptors (Lipinski definition) is 5. The van der Waals surface area contributed by atoms with E-state index in [0.29, 0.717) is 0 Å². The molecule has 2 N–H and O–H groups in total. The van der Waals surface area contributed by atoms with Crippen molar-refractivity contribution >= 4 is 6.03 Å². The fourth-order valence-corrected chi connectivity index (χ4v) is 2.76. The van der Waals surface area contributed by atoms with Gasteiger partial charge in [0, 0.05) is 13.1 Å². The molecule has 4 heterocycles. The first-order chi connectivity index (χ1) is 9.64. The predicted octanol–water partition coefficient (Wildman–Crippen LogP) is -0.360. The summed E-state index contributed by atoms with van der Waals surface area (Å²) >= 11 is 0. The second kappa shape index (κ2) is 3.50. The lowest BCUT2D eigenvalue weighted by Gasteiger charge is -2.36. The molecule has 2 fully saturated rings. The molecule has 5 unspecified atom stereocenters. The van der Waals surface area contributed by atoms with Gasteiger partial charge in [0.1, 0.15) is 17.8 Å². The molecule has 2 amide bonds. The molecule has 0 aromatic heterocycles. The number of aliphatic hydroxyl groups excluding tert-OH is 1. The van der Waals surface area contributed by atoms with Gasteiger partial charge < -0.3 is 19.3 Å². The smallest absolute Gasteiger partial charge is 0.326 e. The van der Waals surface area contributed by atoms with Crippen molar-refractivity contribution in [2.45, 2.75) is 37.2 Å². The van der Waals surface area contributed by atoms with E-state index in [1.807, 2.05) is 0 Å². The largest absolute Gasteiger partial charge is 0.474 e. The Kier molecular flexibility index (Phi) is 1.89. The highest BCUT2D eigenvalue weighted by atomic mass is 16.6. The van der Waals surface area contributed by atoms with E-state index in [9.17, 15) is 9.90 Å². The van der Waals surface area contributed by atoms with Crippen molar-refractivity contribution in [1.29, 1.82) is 0 Å². The minimum atomic E-state index is -1.03. The Morgan fingerprint density at radius 3 is 3.37 bits per heavy atom. The zero-order chi connectivity index (χ0) is 13.9. The van der Waals surface area contributed by atoms with Gasteiger partial charge in [-0.1, -0.05) is 0 Å². The SMILES string of the molecule is [2H]CC12COC(C(N3C=C4C=COC4NC3=O)O1)C2O. The third-order valence-corrected chi connectivity index (χ3v) is 3.84. The molecule has 2 bridgehead atoms. The number of carbonyl (C=O) groups excluding carboxylic acids is 1. The van der Waals surface area contributed by atoms with Gasteiger partial charge in [-0.05, 0) is 13.0 Å². The van der Waals surface area contributed by atoms with E-state index >= 15 is 0 Å². The zero-order valence-corrected chi connectivity index (χ0v) is 9.98. The van der Waals surface area contributed by atoms with Gasteiger partial charge in [0.15, 0.2) is 6.23 Å². The number of aliphatic hydroxyl groups is 1. The Labute approximate surface area is 110 Å². The summed E-state index contributed by atoms with van der Waals surface area (Å²) in [7, 11) is 0. The molecule has 7 nitrogen and oxygen atoms in total. The van der Waals surface area contributed by atoms with Crippen LogP contribution in [0.2, 0.25) is 0 Å². The minimum absolute atomic E-state index is 0.112. The molecule has 0 saturated carbocycles. The maximum absolute atomic E-state index is 12.1. The van der Waals surface area contributed by atoms with Crippen LogP contribution < -0.4 is 5.32 Å². The molecule has 4 rings (SSSR count). The zero-order valence-electron chi connectivity index (χ0n) is 11.0. The highest BCUT2D eigenvalue weighted by Gasteiger charge is 2.60. The van der Waals surface area contributed by atoms with Gasteiger partial charge in [-0.2, -0.15) is 0 Å². The molecule has 19 heavy (non-hydrogen) atoms. The maximum atomic E-state index is 12.1. The number of nitrogens with one attached hydrogen (secondary N) is 1. The van der Waals surface area contributed by atoms with Crippen molar-refractivity contribution in [1.82, 2.24) is 10.2 Å². The molecule has 4 aliphatic heterocycles. The molecular weight excluding hydrogens is 252 g/mol. The number of rotatable bonds is 1. The molecule has 5 atom stereocenters. The first-order valence-corrected chi connectivity index (χ1v) is 6.04. The van der Waals surface area contributed by atoms with Gasteiger partial charge in [0.2, 0.25) is 6.23 Å². The summed E-state index contributed by atoms with van der Waals surface area (Å²) in [6.07, 6.45) is 2.17. The van der Waals surface area contributed by atoms with E-state index in [2.05, 4.69) is 5.32 Å². The lowest BCUT2D eigenvalue weighted by atomic mass is 10.0. The lowest BCUT2D eigenvalue weighted by Crippen LogP contribution is -2.55. The van der Waals surface area contributed by atoms with Crippen molar-refractivity contribution in [3.05, 3.63) is 24.1 Å². The van der Waals surface area contributed by atoms with E-state index < -0.39 is 30.3 Å². The second-order valence-corrected chi connectivity index (χ2v) is 5.10. The monoisotopic (exact) mass is 267 g/mol. The average molecular weight is 267 g/mol. The van der Waals surface area contributed by atoms with E-state index in [4.69, 9.17) is 15.6 Å². The number of nitrogens with zero attached hydrogens (tertiary/aromatic N) is 1. The first kappa shape index (κ1) is 10.2. The minimum Gasteiger partial charge on any atom is -0.474 e.